The minimum absolute atomic E-state index is 0. The van der Waals surface area contributed by atoms with Gasteiger partial charge in [-0.25, -0.2) is 4.98 Å². The highest BCUT2D eigenvalue weighted by atomic mass is 35.5. The molecule has 134 valence electrons. The number of amides is 1. The fraction of sp³-hybridized carbons (Fsp3) is 0.375. The first-order chi connectivity index (χ1) is 10.7. The summed E-state index contributed by atoms with van der Waals surface area (Å²) in [5, 5.41) is 5.87. The van der Waals surface area contributed by atoms with Crippen molar-refractivity contribution in [1.29, 1.82) is 0 Å². The second-order valence-electron chi connectivity index (χ2n) is 4.93. The van der Waals surface area contributed by atoms with E-state index in [-0.39, 0.29) is 30.7 Å². The number of aromatic nitrogens is 1. The van der Waals surface area contributed by atoms with E-state index < -0.39 is 0 Å². The zero-order chi connectivity index (χ0) is 15.8. The van der Waals surface area contributed by atoms with Gasteiger partial charge in [0.15, 0.2) is 0 Å². The van der Waals surface area contributed by atoms with Gasteiger partial charge in [0.2, 0.25) is 0 Å². The van der Waals surface area contributed by atoms with Crippen LogP contribution in [-0.2, 0) is 6.61 Å². The molecule has 0 atom stereocenters. The Labute approximate surface area is 158 Å². The number of nitrogens with one attached hydrogen (secondary N) is 1. The van der Waals surface area contributed by atoms with Crippen LogP contribution >= 0.6 is 36.2 Å². The Bertz CT molecular complexity index is 623. The fourth-order valence-electron chi connectivity index (χ4n) is 1.93. The van der Waals surface area contributed by atoms with Gasteiger partial charge in [-0.05, 0) is 44.5 Å². The van der Waals surface area contributed by atoms with Gasteiger partial charge in [0.1, 0.15) is 12.4 Å². The number of hydrogen-bond donors (Lipinski definition) is 2. The van der Waals surface area contributed by atoms with E-state index in [4.69, 9.17) is 10.5 Å². The summed E-state index contributed by atoms with van der Waals surface area (Å²) in [5.41, 5.74) is 6.92. The molecule has 2 rings (SSSR count). The summed E-state index contributed by atoms with van der Waals surface area (Å²) in [4.78, 5) is 16.4. The van der Waals surface area contributed by atoms with Crippen LogP contribution in [-0.4, -0.2) is 24.0 Å². The Morgan fingerprint density at radius 2 is 2.12 bits per heavy atom. The highest BCUT2D eigenvalue weighted by Gasteiger charge is 2.07. The maximum Gasteiger partial charge on any atom is 0.251 e. The normalized spacial score (nSPS) is 9.58. The fourth-order valence-corrected chi connectivity index (χ4v) is 2.53. The first kappa shape index (κ1) is 22.7. The summed E-state index contributed by atoms with van der Waals surface area (Å²) >= 11 is 1.60. The van der Waals surface area contributed by atoms with Crippen molar-refractivity contribution >= 4 is 42.1 Å². The Morgan fingerprint density at radius 3 is 2.79 bits per heavy atom. The summed E-state index contributed by atoms with van der Waals surface area (Å²) < 4.78 is 5.69. The molecule has 1 heterocycles. The lowest BCUT2D eigenvalue weighted by atomic mass is 10.2. The van der Waals surface area contributed by atoms with Crippen LogP contribution in [0.25, 0.3) is 0 Å². The zero-order valence-electron chi connectivity index (χ0n) is 13.5. The molecule has 0 unspecified atom stereocenters. The molecule has 1 aromatic heterocycles. The Kier molecular flexibility index (Phi) is 11.4. The van der Waals surface area contributed by atoms with Gasteiger partial charge in [-0.2, -0.15) is 0 Å². The predicted octanol–water partition coefficient (Wildman–Crippen LogP) is 3.34. The van der Waals surface area contributed by atoms with Crippen LogP contribution in [0.4, 0.5) is 0 Å². The van der Waals surface area contributed by atoms with E-state index in [1.165, 1.54) is 0 Å². The smallest absolute Gasteiger partial charge is 0.251 e. The number of nitrogens with zero attached hydrogens (tertiary/aromatic N) is 1. The van der Waals surface area contributed by atoms with Crippen LogP contribution in [0.3, 0.4) is 0 Å². The molecule has 1 aromatic carbocycles. The van der Waals surface area contributed by atoms with Crippen LogP contribution in [0.15, 0.2) is 29.6 Å². The third-order valence-electron chi connectivity index (χ3n) is 3.07. The van der Waals surface area contributed by atoms with Crippen molar-refractivity contribution < 1.29 is 9.53 Å². The van der Waals surface area contributed by atoms with Crippen LogP contribution < -0.4 is 15.8 Å². The third kappa shape index (κ3) is 7.49. The topological polar surface area (TPSA) is 77.2 Å². The molecule has 0 saturated heterocycles. The molecule has 0 saturated carbocycles. The molecule has 8 heteroatoms. The van der Waals surface area contributed by atoms with Gasteiger partial charge >= 0.3 is 0 Å². The molecule has 0 radical (unpaired) electrons. The van der Waals surface area contributed by atoms with Crippen molar-refractivity contribution in [3.63, 3.8) is 0 Å². The SMILES string of the molecule is Cc1nc(COc2cccc(C(=O)NCCCCN)c2)cs1.Cl.Cl. The molecule has 0 fully saturated rings. The van der Waals surface area contributed by atoms with Crippen LogP contribution in [0.2, 0.25) is 0 Å². The van der Waals surface area contributed by atoms with Crippen LogP contribution in [0, 0.1) is 6.92 Å². The summed E-state index contributed by atoms with van der Waals surface area (Å²) in [6.45, 7) is 3.66. The van der Waals surface area contributed by atoms with Crippen molar-refractivity contribution in [1.82, 2.24) is 10.3 Å². The number of ether oxygens (including phenoxy) is 1. The number of rotatable bonds is 8. The third-order valence-corrected chi connectivity index (χ3v) is 3.89. The monoisotopic (exact) mass is 391 g/mol. The quantitative estimate of drug-likeness (QED) is 0.676. The molecule has 5 nitrogen and oxygen atoms in total. The second-order valence-corrected chi connectivity index (χ2v) is 5.99. The van der Waals surface area contributed by atoms with E-state index in [1.807, 2.05) is 24.4 Å². The number of carbonyl (C=O) groups is 1. The first-order valence-corrected chi connectivity index (χ1v) is 8.19. The maximum atomic E-state index is 12.0. The van der Waals surface area contributed by atoms with E-state index in [0.29, 0.717) is 31.0 Å². The van der Waals surface area contributed by atoms with Crippen LogP contribution in [0.1, 0.15) is 33.9 Å². The molecule has 0 aliphatic heterocycles. The molecule has 24 heavy (non-hydrogen) atoms. The van der Waals surface area contributed by atoms with E-state index in [0.717, 1.165) is 23.5 Å². The van der Waals surface area contributed by atoms with Crippen molar-refractivity contribution in [3.8, 4) is 5.75 Å². The minimum atomic E-state index is -0.0908. The number of aryl methyl sites for hydroxylation is 1. The number of hydrogen-bond acceptors (Lipinski definition) is 5. The van der Waals surface area contributed by atoms with E-state index in [2.05, 4.69) is 10.3 Å². The number of halogens is 2. The Morgan fingerprint density at radius 1 is 1.33 bits per heavy atom. The highest BCUT2D eigenvalue weighted by Crippen LogP contribution is 2.16. The Hall–Kier alpha value is -1.34. The molecule has 0 aliphatic carbocycles. The van der Waals surface area contributed by atoms with E-state index in [1.54, 1.807) is 23.5 Å². The molecular weight excluding hydrogens is 369 g/mol. The van der Waals surface area contributed by atoms with Crippen LogP contribution in [0.5, 0.6) is 5.75 Å². The van der Waals surface area contributed by atoms with Crippen molar-refractivity contribution in [3.05, 3.63) is 45.9 Å². The van der Waals surface area contributed by atoms with Gasteiger partial charge in [-0.3, -0.25) is 4.79 Å². The zero-order valence-corrected chi connectivity index (χ0v) is 15.9. The van der Waals surface area contributed by atoms with Gasteiger partial charge < -0.3 is 15.8 Å². The highest BCUT2D eigenvalue weighted by molar-refractivity contribution is 7.09. The number of benzene rings is 1. The van der Waals surface area contributed by atoms with Crippen molar-refractivity contribution in [2.75, 3.05) is 13.1 Å². The van der Waals surface area contributed by atoms with E-state index in [9.17, 15) is 4.79 Å². The second kappa shape index (κ2) is 12.1. The predicted molar refractivity (Wildman–Crippen MR) is 103 cm³/mol. The summed E-state index contributed by atoms with van der Waals surface area (Å²) in [7, 11) is 0. The molecular formula is C16H23Cl2N3O2S. The molecule has 1 amide bonds. The minimum Gasteiger partial charge on any atom is -0.487 e. The largest absolute Gasteiger partial charge is 0.487 e. The maximum absolute atomic E-state index is 12.0. The molecule has 0 bridgehead atoms. The molecule has 2 aromatic rings. The molecule has 0 spiro atoms. The lowest BCUT2D eigenvalue weighted by Crippen LogP contribution is -2.24. The Balaban J connectivity index is 0.00000264. The first-order valence-electron chi connectivity index (χ1n) is 7.31. The summed E-state index contributed by atoms with van der Waals surface area (Å²) in [5.74, 6) is 0.576. The summed E-state index contributed by atoms with van der Waals surface area (Å²) in [6, 6.07) is 7.18. The lowest BCUT2D eigenvalue weighted by molar-refractivity contribution is 0.0952. The van der Waals surface area contributed by atoms with Crippen molar-refractivity contribution in [2.45, 2.75) is 26.4 Å². The number of nitrogens with two attached hydrogens (primary N) is 1. The summed E-state index contributed by atoms with van der Waals surface area (Å²) in [6.07, 6.45) is 1.80. The standard InChI is InChI=1S/C16H21N3O2S.2ClH/c1-12-19-14(11-22-12)10-21-15-6-4-5-13(9-15)16(20)18-8-3-2-7-17;;/h4-6,9,11H,2-3,7-8,10,17H2,1H3,(H,18,20);2*1H. The van der Waals surface area contributed by atoms with Crippen molar-refractivity contribution in [2.24, 2.45) is 5.73 Å². The van der Waals surface area contributed by atoms with Gasteiger partial charge in [0, 0.05) is 17.5 Å². The number of unbranched alkanes of at least 4 members (excludes halogenated alkanes) is 1. The average Bonchev–Trinajstić information content (AvgIpc) is 2.95. The van der Waals surface area contributed by atoms with Gasteiger partial charge in [0.05, 0.1) is 10.7 Å². The average molecular weight is 392 g/mol. The lowest BCUT2D eigenvalue weighted by Gasteiger charge is -2.08. The number of carbonyl (C=O) groups excluding carboxylic acids is 1. The van der Waals surface area contributed by atoms with Gasteiger partial charge in [-0.15, -0.1) is 36.2 Å². The van der Waals surface area contributed by atoms with Gasteiger partial charge in [-0.1, -0.05) is 6.07 Å². The number of thiazole rings is 1. The van der Waals surface area contributed by atoms with Gasteiger partial charge in [0.25, 0.3) is 5.91 Å². The van der Waals surface area contributed by atoms with E-state index >= 15 is 0 Å². The molecule has 0 aliphatic rings. The molecule has 3 N–H and O–H groups in total.